The molecule has 5 rings (SSSR count). The average Bonchev–Trinajstić information content (AvgIpc) is 3.39. The molecule has 0 radical (unpaired) electrons. The van der Waals surface area contributed by atoms with Crippen LogP contribution >= 0.6 is 11.6 Å². The van der Waals surface area contributed by atoms with Crippen molar-refractivity contribution < 1.29 is 9.21 Å². The van der Waals surface area contributed by atoms with Gasteiger partial charge >= 0.3 is 0 Å². The Bertz CT molecular complexity index is 1150. The third-order valence-corrected chi connectivity index (χ3v) is 4.88. The van der Waals surface area contributed by atoms with Gasteiger partial charge in [-0.3, -0.25) is 4.79 Å². The van der Waals surface area contributed by atoms with E-state index in [1.165, 1.54) is 10.7 Å². The number of halogens is 1. The molecule has 0 spiro atoms. The molecule has 0 aromatic carbocycles. The molecule has 4 aromatic heterocycles. The lowest BCUT2D eigenvalue weighted by atomic mass is 10.2. The highest BCUT2D eigenvalue weighted by Crippen LogP contribution is 2.29. The van der Waals surface area contributed by atoms with Crippen LogP contribution < -0.4 is 0 Å². The second-order valence-corrected chi connectivity index (χ2v) is 6.73. The maximum Gasteiger partial charge on any atom is 0.275 e. The molecule has 0 N–H and O–H groups in total. The summed E-state index contributed by atoms with van der Waals surface area (Å²) in [5.74, 6) is 1.86. The molecule has 9 nitrogen and oxygen atoms in total. The summed E-state index contributed by atoms with van der Waals surface area (Å²) in [6.07, 6.45) is 4.74. The smallest absolute Gasteiger partial charge is 0.275 e. The van der Waals surface area contributed by atoms with Crippen molar-refractivity contribution in [3.63, 3.8) is 0 Å². The number of hydrogen-bond acceptors (Lipinski definition) is 6. The van der Waals surface area contributed by atoms with Gasteiger partial charge < -0.3 is 13.9 Å². The van der Waals surface area contributed by atoms with Crippen molar-refractivity contribution in [3.05, 3.63) is 53.4 Å². The number of carbonyl (C=O) groups excluding carboxylic acids is 1. The number of nitrogens with zero attached hydrogens (tertiary/aromatic N) is 7. The Balaban J connectivity index is 1.47. The molecule has 136 valence electrons. The standard InChI is InChI=1S/C17H14ClN7O2/c1-10-15-20-21-16(13-3-2-6-27-13)24(15)5-4-23(10)17(26)12-7-14-19-8-11(18)9-25(14)22-12/h2-3,6-10H,4-5H2,1H3. The van der Waals surface area contributed by atoms with Crippen molar-refractivity contribution in [1.29, 1.82) is 0 Å². The summed E-state index contributed by atoms with van der Waals surface area (Å²) in [5, 5.41) is 13.3. The van der Waals surface area contributed by atoms with Crippen LogP contribution in [0.15, 0.2) is 41.3 Å². The zero-order chi connectivity index (χ0) is 18.5. The van der Waals surface area contributed by atoms with Crippen molar-refractivity contribution in [3.8, 4) is 11.6 Å². The van der Waals surface area contributed by atoms with Gasteiger partial charge in [0.25, 0.3) is 5.91 Å². The number of rotatable bonds is 2. The molecule has 1 aliphatic rings. The molecule has 0 fully saturated rings. The first kappa shape index (κ1) is 16.0. The van der Waals surface area contributed by atoms with Gasteiger partial charge in [-0.25, -0.2) is 9.50 Å². The summed E-state index contributed by atoms with van der Waals surface area (Å²) < 4.78 is 8.92. The molecule has 0 saturated carbocycles. The van der Waals surface area contributed by atoms with Gasteiger partial charge in [-0.2, -0.15) is 5.10 Å². The highest BCUT2D eigenvalue weighted by atomic mass is 35.5. The topological polar surface area (TPSA) is 94.3 Å². The van der Waals surface area contributed by atoms with Crippen molar-refractivity contribution in [2.45, 2.75) is 19.5 Å². The third kappa shape index (κ3) is 2.50. The van der Waals surface area contributed by atoms with Gasteiger partial charge in [0, 0.05) is 25.4 Å². The van der Waals surface area contributed by atoms with Gasteiger partial charge in [0.2, 0.25) is 0 Å². The number of aromatic nitrogens is 6. The van der Waals surface area contributed by atoms with E-state index in [-0.39, 0.29) is 11.9 Å². The van der Waals surface area contributed by atoms with Crippen LogP contribution in [0, 0.1) is 0 Å². The van der Waals surface area contributed by atoms with E-state index in [4.69, 9.17) is 16.0 Å². The summed E-state index contributed by atoms with van der Waals surface area (Å²) in [6.45, 7) is 3.01. The first-order valence-electron chi connectivity index (χ1n) is 8.40. The Kier molecular flexibility index (Phi) is 3.51. The monoisotopic (exact) mass is 383 g/mol. The van der Waals surface area contributed by atoms with Gasteiger partial charge in [-0.15, -0.1) is 10.2 Å². The largest absolute Gasteiger partial charge is 0.461 e. The molecule has 1 aliphatic heterocycles. The van der Waals surface area contributed by atoms with Crippen LogP contribution in [0.2, 0.25) is 5.02 Å². The molecule has 1 unspecified atom stereocenters. The summed E-state index contributed by atoms with van der Waals surface area (Å²) >= 11 is 5.94. The zero-order valence-corrected chi connectivity index (χ0v) is 15.0. The molecule has 1 amide bonds. The van der Waals surface area contributed by atoms with Gasteiger partial charge in [-0.1, -0.05) is 11.6 Å². The van der Waals surface area contributed by atoms with E-state index in [0.29, 0.717) is 46.9 Å². The SMILES string of the molecule is CC1c2nnc(-c3ccco3)n2CCN1C(=O)c1cc2ncc(Cl)cn2n1. The maximum absolute atomic E-state index is 13.0. The van der Waals surface area contributed by atoms with Crippen LogP contribution in [-0.4, -0.2) is 46.7 Å². The van der Waals surface area contributed by atoms with Gasteiger partial charge in [-0.05, 0) is 19.1 Å². The quantitative estimate of drug-likeness (QED) is 0.527. The number of carbonyl (C=O) groups is 1. The summed E-state index contributed by atoms with van der Waals surface area (Å²) in [5.41, 5.74) is 0.881. The number of hydrogen-bond donors (Lipinski definition) is 0. The molecule has 5 heterocycles. The lowest BCUT2D eigenvalue weighted by Gasteiger charge is -2.33. The van der Waals surface area contributed by atoms with Crippen LogP contribution in [0.3, 0.4) is 0 Å². The minimum Gasteiger partial charge on any atom is -0.461 e. The maximum atomic E-state index is 13.0. The fourth-order valence-electron chi connectivity index (χ4n) is 3.36. The zero-order valence-electron chi connectivity index (χ0n) is 14.3. The lowest BCUT2D eigenvalue weighted by molar-refractivity contribution is 0.0632. The highest BCUT2D eigenvalue weighted by Gasteiger charge is 2.33. The molecule has 0 bridgehead atoms. The highest BCUT2D eigenvalue weighted by molar-refractivity contribution is 6.30. The van der Waals surface area contributed by atoms with E-state index >= 15 is 0 Å². The van der Waals surface area contributed by atoms with E-state index < -0.39 is 0 Å². The summed E-state index contributed by atoms with van der Waals surface area (Å²) in [7, 11) is 0. The normalized spacial score (nSPS) is 16.7. The van der Waals surface area contributed by atoms with Gasteiger partial charge in [0.1, 0.15) is 0 Å². The van der Waals surface area contributed by atoms with E-state index in [1.54, 1.807) is 23.4 Å². The summed E-state index contributed by atoms with van der Waals surface area (Å²) in [4.78, 5) is 18.9. The Labute approximate surface area is 158 Å². The predicted molar refractivity (Wildman–Crippen MR) is 95.2 cm³/mol. The van der Waals surface area contributed by atoms with Crippen molar-refractivity contribution in [1.82, 2.24) is 34.3 Å². The molecule has 27 heavy (non-hydrogen) atoms. The molecule has 4 aromatic rings. The molecule has 0 aliphatic carbocycles. The van der Waals surface area contributed by atoms with E-state index in [2.05, 4.69) is 20.3 Å². The van der Waals surface area contributed by atoms with E-state index in [0.717, 1.165) is 0 Å². The van der Waals surface area contributed by atoms with Crippen molar-refractivity contribution >= 4 is 23.2 Å². The van der Waals surface area contributed by atoms with Crippen LogP contribution in [0.1, 0.15) is 29.3 Å². The Hall–Kier alpha value is -3.20. The Morgan fingerprint density at radius 2 is 2.22 bits per heavy atom. The number of amides is 1. The Morgan fingerprint density at radius 3 is 3.04 bits per heavy atom. The molecular formula is C17H14ClN7O2. The fraction of sp³-hybridized carbons (Fsp3) is 0.235. The molecule has 0 saturated heterocycles. The van der Waals surface area contributed by atoms with Gasteiger partial charge in [0.05, 0.1) is 23.5 Å². The molecule has 1 atom stereocenters. The van der Waals surface area contributed by atoms with E-state index in [1.807, 2.05) is 23.6 Å². The second-order valence-electron chi connectivity index (χ2n) is 6.29. The third-order valence-electron chi connectivity index (χ3n) is 4.69. The lowest BCUT2D eigenvalue weighted by Crippen LogP contribution is -2.41. The Morgan fingerprint density at radius 1 is 1.33 bits per heavy atom. The molecule has 10 heteroatoms. The number of fused-ring (bicyclic) bond motifs is 2. The van der Waals surface area contributed by atoms with Crippen LogP contribution in [0.25, 0.3) is 17.2 Å². The number of furan rings is 1. The second kappa shape index (κ2) is 5.92. The first-order chi connectivity index (χ1) is 13.1. The minimum atomic E-state index is -0.246. The van der Waals surface area contributed by atoms with Crippen LogP contribution in [0.5, 0.6) is 0 Å². The van der Waals surface area contributed by atoms with Gasteiger partial charge in [0.15, 0.2) is 28.8 Å². The summed E-state index contributed by atoms with van der Waals surface area (Å²) in [6, 6.07) is 5.06. The first-order valence-corrected chi connectivity index (χ1v) is 8.78. The minimum absolute atomic E-state index is 0.182. The van der Waals surface area contributed by atoms with Crippen LogP contribution in [0.4, 0.5) is 0 Å². The van der Waals surface area contributed by atoms with Crippen molar-refractivity contribution in [2.24, 2.45) is 0 Å². The van der Waals surface area contributed by atoms with Crippen LogP contribution in [-0.2, 0) is 6.54 Å². The molecular weight excluding hydrogens is 370 g/mol. The average molecular weight is 384 g/mol. The van der Waals surface area contributed by atoms with Crippen molar-refractivity contribution in [2.75, 3.05) is 6.54 Å². The fourth-order valence-corrected chi connectivity index (χ4v) is 3.50. The van der Waals surface area contributed by atoms with E-state index in [9.17, 15) is 4.79 Å². The predicted octanol–water partition coefficient (Wildman–Crippen LogP) is 2.45.